The first-order chi connectivity index (χ1) is 12.7. The quantitative estimate of drug-likeness (QED) is 0.582. The fraction of sp³-hybridized carbons (Fsp3) is 0.200. The van der Waals surface area contributed by atoms with E-state index in [9.17, 15) is 9.90 Å². The number of aliphatic hydroxyl groups is 1. The number of nitrogens with zero attached hydrogens (tertiary/aromatic N) is 2. The van der Waals surface area contributed by atoms with Crippen molar-refractivity contribution >= 4 is 22.5 Å². The zero-order valence-electron chi connectivity index (χ0n) is 14.6. The molecule has 26 heavy (non-hydrogen) atoms. The second kappa shape index (κ2) is 6.22. The average Bonchev–Trinajstić information content (AvgIpc) is 3.11. The van der Waals surface area contributed by atoms with E-state index in [0.29, 0.717) is 41.4 Å². The fourth-order valence-corrected chi connectivity index (χ4v) is 3.46. The first-order valence-electron chi connectivity index (χ1n) is 8.33. The number of ether oxygens (including phenoxy) is 2. The molecule has 0 amide bonds. The Bertz CT molecular complexity index is 1100. The summed E-state index contributed by atoms with van der Waals surface area (Å²) in [7, 11) is 3.08. The van der Waals surface area contributed by atoms with Crippen LogP contribution in [0.2, 0.25) is 0 Å². The van der Waals surface area contributed by atoms with E-state index in [4.69, 9.17) is 9.47 Å². The lowest BCUT2D eigenvalue weighted by Gasteiger charge is -2.11. The van der Waals surface area contributed by atoms with Crippen LogP contribution < -0.4 is 15.0 Å². The van der Waals surface area contributed by atoms with Crippen molar-refractivity contribution in [1.82, 2.24) is 4.57 Å². The van der Waals surface area contributed by atoms with E-state index in [2.05, 4.69) is 0 Å². The Morgan fingerprint density at radius 3 is 2.69 bits per heavy atom. The first-order valence-corrected chi connectivity index (χ1v) is 8.33. The third-order valence-electron chi connectivity index (χ3n) is 4.72. The highest BCUT2D eigenvalue weighted by molar-refractivity contribution is 5.93. The van der Waals surface area contributed by atoms with Crippen LogP contribution in [0.5, 0.6) is 11.5 Å². The van der Waals surface area contributed by atoms with Gasteiger partial charge in [0.1, 0.15) is 18.7 Å². The molecule has 0 saturated carbocycles. The summed E-state index contributed by atoms with van der Waals surface area (Å²) in [5.74, 6) is 1.68. The predicted octanol–water partition coefficient (Wildman–Crippen LogP) is 2.68. The SMILES string of the molecule is COc1cccc(C(O)=[N+]2CCn3c2cc2ccccc2c3=O)c1OC. The van der Waals surface area contributed by atoms with Gasteiger partial charge in [0.05, 0.1) is 19.6 Å². The van der Waals surface area contributed by atoms with Crippen LogP contribution in [0.15, 0.2) is 53.3 Å². The minimum atomic E-state index is -0.0500. The summed E-state index contributed by atoms with van der Waals surface area (Å²) in [5, 5.41) is 12.5. The number of methoxy groups -OCH3 is 2. The molecule has 0 aliphatic carbocycles. The maximum Gasteiger partial charge on any atom is 0.341 e. The Morgan fingerprint density at radius 2 is 1.92 bits per heavy atom. The fourth-order valence-electron chi connectivity index (χ4n) is 3.46. The maximum absolute atomic E-state index is 12.7. The highest BCUT2D eigenvalue weighted by Gasteiger charge is 2.31. The van der Waals surface area contributed by atoms with Crippen LogP contribution in [-0.2, 0) is 6.54 Å². The van der Waals surface area contributed by atoms with Gasteiger partial charge in [-0.3, -0.25) is 0 Å². The number of aliphatic hydroxyl groups excluding tert-OH is 1. The van der Waals surface area contributed by atoms with Crippen LogP contribution in [0.1, 0.15) is 5.56 Å². The number of hydrogen-bond donors (Lipinski definition) is 1. The number of hydrogen-bond acceptors (Lipinski definition) is 3. The molecule has 0 saturated heterocycles. The van der Waals surface area contributed by atoms with E-state index in [0.717, 1.165) is 5.39 Å². The van der Waals surface area contributed by atoms with E-state index in [1.165, 1.54) is 7.11 Å². The molecule has 3 aromatic rings. The number of para-hydroxylation sites is 1. The molecule has 2 heterocycles. The minimum absolute atomic E-state index is 0.0293. The Balaban J connectivity index is 1.96. The van der Waals surface area contributed by atoms with Crippen molar-refractivity contribution in [3.05, 3.63) is 64.4 Å². The largest absolute Gasteiger partial charge is 0.493 e. The molecule has 0 spiro atoms. The summed E-state index contributed by atoms with van der Waals surface area (Å²) in [6.07, 6.45) is 0. The van der Waals surface area contributed by atoms with Crippen LogP contribution in [0.25, 0.3) is 10.8 Å². The molecule has 0 fully saturated rings. The second-order valence-electron chi connectivity index (χ2n) is 6.06. The standard InChI is InChI=1S/C20H18N2O4/c1-25-16-9-5-8-15(18(16)26-2)20(24)22-11-10-21-17(22)12-13-6-3-4-7-14(13)19(21)23/h3-9,12H,10-11H2,1-2H3/p+1. The van der Waals surface area contributed by atoms with E-state index < -0.39 is 0 Å². The number of benzene rings is 2. The van der Waals surface area contributed by atoms with Gasteiger partial charge in [-0.25, -0.2) is 4.79 Å². The molecular weight excluding hydrogens is 332 g/mol. The summed E-state index contributed by atoms with van der Waals surface area (Å²) in [4.78, 5) is 12.7. The third kappa shape index (κ3) is 2.34. The highest BCUT2D eigenvalue weighted by Crippen LogP contribution is 2.32. The van der Waals surface area contributed by atoms with Crippen LogP contribution in [0, 0.1) is 0 Å². The molecule has 1 aliphatic heterocycles. The molecule has 0 radical (unpaired) electrons. The Kier molecular flexibility index (Phi) is 3.88. The molecule has 1 aliphatic rings. The average molecular weight is 351 g/mol. The van der Waals surface area contributed by atoms with Gasteiger partial charge in [-0.2, -0.15) is 9.14 Å². The molecule has 2 aromatic carbocycles. The Morgan fingerprint density at radius 1 is 1.12 bits per heavy atom. The van der Waals surface area contributed by atoms with Crippen molar-refractivity contribution in [3.63, 3.8) is 0 Å². The van der Waals surface area contributed by atoms with Gasteiger partial charge < -0.3 is 14.6 Å². The van der Waals surface area contributed by atoms with Gasteiger partial charge in [-0.1, -0.05) is 24.3 Å². The van der Waals surface area contributed by atoms with E-state index in [1.54, 1.807) is 34.5 Å². The number of rotatable bonds is 3. The summed E-state index contributed by atoms with van der Waals surface area (Å²) >= 11 is 0. The number of fused-ring (bicyclic) bond motifs is 2. The molecule has 1 aromatic heterocycles. The maximum atomic E-state index is 12.7. The zero-order valence-corrected chi connectivity index (χ0v) is 14.6. The molecule has 0 atom stereocenters. The van der Waals surface area contributed by atoms with Gasteiger partial charge in [0.15, 0.2) is 11.5 Å². The Labute approximate surface area is 150 Å². The minimum Gasteiger partial charge on any atom is -0.493 e. The van der Waals surface area contributed by atoms with Gasteiger partial charge in [0.2, 0.25) is 0 Å². The summed E-state index contributed by atoms with van der Waals surface area (Å²) in [6.45, 7) is 1.01. The normalized spacial score (nSPS) is 15.0. The van der Waals surface area contributed by atoms with Crippen LogP contribution in [0.4, 0.5) is 5.82 Å². The van der Waals surface area contributed by atoms with Crippen LogP contribution in [-0.4, -0.2) is 40.9 Å². The monoisotopic (exact) mass is 351 g/mol. The molecular formula is C20H19N2O4+. The zero-order chi connectivity index (χ0) is 18.3. The molecule has 4 rings (SSSR count). The van der Waals surface area contributed by atoms with Gasteiger partial charge >= 0.3 is 5.56 Å². The highest BCUT2D eigenvalue weighted by atomic mass is 16.5. The van der Waals surface area contributed by atoms with E-state index >= 15 is 0 Å². The summed E-state index contributed by atoms with van der Waals surface area (Å²) < 4.78 is 14.2. The van der Waals surface area contributed by atoms with Crippen LogP contribution in [0.3, 0.4) is 0 Å². The smallest absolute Gasteiger partial charge is 0.341 e. The second-order valence-corrected chi connectivity index (χ2v) is 6.06. The van der Waals surface area contributed by atoms with E-state index in [1.807, 2.05) is 30.3 Å². The topological polar surface area (TPSA) is 63.7 Å². The van der Waals surface area contributed by atoms with Crippen molar-refractivity contribution in [3.8, 4) is 11.5 Å². The van der Waals surface area contributed by atoms with Gasteiger partial charge in [0, 0.05) is 6.07 Å². The van der Waals surface area contributed by atoms with E-state index in [-0.39, 0.29) is 11.5 Å². The summed E-state index contributed by atoms with van der Waals surface area (Å²) in [6, 6.07) is 14.7. The van der Waals surface area contributed by atoms with Crippen molar-refractivity contribution in [1.29, 1.82) is 0 Å². The molecule has 6 nitrogen and oxygen atoms in total. The van der Waals surface area contributed by atoms with Crippen LogP contribution >= 0.6 is 0 Å². The number of pyridine rings is 1. The van der Waals surface area contributed by atoms with Crippen molar-refractivity contribution in [2.75, 3.05) is 20.8 Å². The molecule has 132 valence electrons. The van der Waals surface area contributed by atoms with Gasteiger partial charge in [-0.05, 0) is 23.6 Å². The number of aromatic nitrogens is 1. The molecule has 0 bridgehead atoms. The predicted molar refractivity (Wildman–Crippen MR) is 99.3 cm³/mol. The molecule has 0 unspecified atom stereocenters. The molecule has 6 heteroatoms. The molecule has 1 N–H and O–H groups in total. The van der Waals surface area contributed by atoms with Crippen molar-refractivity contribution in [2.45, 2.75) is 6.54 Å². The third-order valence-corrected chi connectivity index (χ3v) is 4.72. The van der Waals surface area contributed by atoms with Gasteiger partial charge in [0.25, 0.3) is 11.7 Å². The van der Waals surface area contributed by atoms with Crippen molar-refractivity contribution < 1.29 is 19.2 Å². The lowest BCUT2D eigenvalue weighted by atomic mass is 10.1. The van der Waals surface area contributed by atoms with Crippen molar-refractivity contribution in [2.24, 2.45) is 0 Å². The first kappa shape index (κ1) is 16.2. The summed E-state index contributed by atoms with van der Waals surface area (Å²) in [5.41, 5.74) is 0.465. The van der Waals surface area contributed by atoms with Gasteiger partial charge in [-0.15, -0.1) is 0 Å². The lowest BCUT2D eigenvalue weighted by Crippen LogP contribution is -2.19. The lowest BCUT2D eigenvalue weighted by molar-refractivity contribution is -0.438. The Hall–Kier alpha value is -3.28.